The summed E-state index contributed by atoms with van der Waals surface area (Å²) >= 11 is 3.15. The topological polar surface area (TPSA) is 66.4 Å². The van der Waals surface area contributed by atoms with E-state index in [1.54, 1.807) is 6.07 Å². The van der Waals surface area contributed by atoms with E-state index in [9.17, 15) is 9.59 Å². The fourth-order valence-electron chi connectivity index (χ4n) is 1.09. The molecule has 0 atom stereocenters. The maximum atomic E-state index is 11.2. The Morgan fingerprint density at radius 3 is 2.75 bits per heavy atom. The van der Waals surface area contributed by atoms with Crippen molar-refractivity contribution in [3.63, 3.8) is 0 Å². The number of carbonyl (C=O) groups is 2. The maximum absolute atomic E-state index is 11.2. The van der Waals surface area contributed by atoms with Crippen molar-refractivity contribution in [3.05, 3.63) is 28.2 Å². The van der Waals surface area contributed by atoms with Crippen LogP contribution in [0.1, 0.15) is 16.8 Å². The van der Waals surface area contributed by atoms with Crippen LogP contribution in [0, 0.1) is 12.3 Å². The number of nitrogens with one attached hydrogen (secondary N) is 1. The van der Waals surface area contributed by atoms with E-state index in [-0.39, 0.29) is 17.7 Å². The molecule has 0 saturated carbocycles. The number of aromatic carboxylic acids is 1. The Hall–Kier alpha value is -1.80. The van der Waals surface area contributed by atoms with Crippen molar-refractivity contribution in [3.8, 4) is 12.3 Å². The molecule has 16 heavy (non-hydrogen) atoms. The summed E-state index contributed by atoms with van der Waals surface area (Å²) in [6, 6.07) is 4.55. The number of terminal acetylenes is 1. The standard InChI is InChI=1S/C11H8BrNO3/c1-2-3-10(14)13-9-5-4-7(12)6-8(9)11(15)16/h1,4-6H,3H2,(H,13,14)(H,15,16). The fraction of sp³-hybridized carbons (Fsp3) is 0.0909. The summed E-state index contributed by atoms with van der Waals surface area (Å²) in [5.74, 6) is 0.656. The Kier molecular flexibility index (Phi) is 4.09. The lowest BCUT2D eigenvalue weighted by atomic mass is 10.2. The Morgan fingerprint density at radius 1 is 1.50 bits per heavy atom. The molecule has 0 unspecified atom stereocenters. The lowest BCUT2D eigenvalue weighted by Crippen LogP contribution is -2.13. The van der Waals surface area contributed by atoms with Crippen LogP contribution in [0.5, 0.6) is 0 Å². The third-order valence-electron chi connectivity index (χ3n) is 1.75. The summed E-state index contributed by atoms with van der Waals surface area (Å²) in [4.78, 5) is 22.1. The van der Waals surface area contributed by atoms with Gasteiger partial charge in [-0.2, -0.15) is 0 Å². The molecule has 1 aromatic carbocycles. The van der Waals surface area contributed by atoms with Gasteiger partial charge in [-0.05, 0) is 18.2 Å². The molecule has 0 aliphatic rings. The quantitative estimate of drug-likeness (QED) is 0.834. The first-order chi connectivity index (χ1) is 7.54. The number of rotatable bonds is 3. The summed E-state index contributed by atoms with van der Waals surface area (Å²) in [5, 5.41) is 11.4. The number of carboxylic acids is 1. The maximum Gasteiger partial charge on any atom is 0.337 e. The first-order valence-corrected chi connectivity index (χ1v) is 5.10. The molecule has 0 radical (unpaired) electrons. The van der Waals surface area contributed by atoms with E-state index in [0.717, 1.165) is 0 Å². The minimum Gasteiger partial charge on any atom is -0.478 e. The first-order valence-electron chi connectivity index (χ1n) is 4.30. The molecule has 0 heterocycles. The van der Waals surface area contributed by atoms with E-state index < -0.39 is 11.9 Å². The number of anilines is 1. The SMILES string of the molecule is C#CCC(=O)Nc1ccc(Br)cc1C(=O)O. The van der Waals surface area contributed by atoms with Crippen LogP contribution in [0.15, 0.2) is 22.7 Å². The summed E-state index contributed by atoms with van der Waals surface area (Å²) in [6.07, 6.45) is 4.88. The third-order valence-corrected chi connectivity index (χ3v) is 2.24. The zero-order valence-electron chi connectivity index (χ0n) is 8.16. The number of amides is 1. The van der Waals surface area contributed by atoms with Gasteiger partial charge in [0.15, 0.2) is 0 Å². The molecule has 0 aromatic heterocycles. The molecule has 0 fully saturated rings. The second-order valence-corrected chi connectivity index (χ2v) is 3.84. The van der Waals surface area contributed by atoms with Gasteiger partial charge in [-0.15, -0.1) is 6.42 Å². The molecule has 2 N–H and O–H groups in total. The molecular formula is C11H8BrNO3. The number of halogens is 1. The number of carbonyl (C=O) groups excluding carboxylic acids is 1. The van der Waals surface area contributed by atoms with Crippen LogP contribution in [-0.2, 0) is 4.79 Å². The molecule has 0 bridgehead atoms. The van der Waals surface area contributed by atoms with Crippen molar-refractivity contribution >= 4 is 33.5 Å². The van der Waals surface area contributed by atoms with Gasteiger partial charge in [-0.3, -0.25) is 4.79 Å². The fourth-order valence-corrected chi connectivity index (χ4v) is 1.45. The second-order valence-electron chi connectivity index (χ2n) is 2.92. The number of hydrogen-bond donors (Lipinski definition) is 2. The summed E-state index contributed by atoms with van der Waals surface area (Å²) in [5.41, 5.74) is 0.246. The molecule has 0 saturated heterocycles. The molecule has 0 aliphatic carbocycles. The van der Waals surface area contributed by atoms with Gasteiger partial charge in [-0.1, -0.05) is 21.9 Å². The minimum absolute atomic E-state index is 0.0137. The highest BCUT2D eigenvalue weighted by Crippen LogP contribution is 2.21. The molecule has 5 heteroatoms. The highest BCUT2D eigenvalue weighted by molar-refractivity contribution is 9.10. The third kappa shape index (κ3) is 3.11. The lowest BCUT2D eigenvalue weighted by Gasteiger charge is -2.07. The van der Waals surface area contributed by atoms with Crippen LogP contribution in [0.2, 0.25) is 0 Å². The highest BCUT2D eigenvalue weighted by Gasteiger charge is 2.12. The molecule has 1 amide bonds. The largest absolute Gasteiger partial charge is 0.478 e. The van der Waals surface area contributed by atoms with Gasteiger partial charge in [-0.25, -0.2) is 4.79 Å². The summed E-state index contributed by atoms with van der Waals surface area (Å²) in [6.45, 7) is 0. The van der Waals surface area contributed by atoms with E-state index in [1.807, 2.05) is 0 Å². The Balaban J connectivity index is 3.00. The summed E-state index contributed by atoms with van der Waals surface area (Å²) in [7, 11) is 0. The van der Waals surface area contributed by atoms with Gasteiger partial charge < -0.3 is 10.4 Å². The average Bonchev–Trinajstić information content (AvgIpc) is 2.20. The molecule has 82 valence electrons. The van der Waals surface area contributed by atoms with Crippen LogP contribution in [0.4, 0.5) is 5.69 Å². The first kappa shape index (κ1) is 12.3. The molecule has 1 rings (SSSR count). The second kappa shape index (κ2) is 5.33. The van der Waals surface area contributed by atoms with Crippen LogP contribution in [0.3, 0.4) is 0 Å². The number of carboxylic acid groups (broad SMARTS) is 1. The number of hydrogen-bond acceptors (Lipinski definition) is 2. The molecule has 0 aliphatic heterocycles. The minimum atomic E-state index is -1.11. The number of benzene rings is 1. The van der Waals surface area contributed by atoms with E-state index in [2.05, 4.69) is 27.2 Å². The molecule has 1 aromatic rings. The van der Waals surface area contributed by atoms with Gasteiger partial charge in [0, 0.05) is 4.47 Å². The van der Waals surface area contributed by atoms with E-state index in [4.69, 9.17) is 11.5 Å². The van der Waals surface area contributed by atoms with Gasteiger partial charge >= 0.3 is 5.97 Å². The Labute approximate surface area is 101 Å². The smallest absolute Gasteiger partial charge is 0.337 e. The van der Waals surface area contributed by atoms with E-state index >= 15 is 0 Å². The van der Waals surface area contributed by atoms with Crippen molar-refractivity contribution in [2.45, 2.75) is 6.42 Å². The zero-order chi connectivity index (χ0) is 12.1. The lowest BCUT2D eigenvalue weighted by molar-refractivity contribution is -0.115. The van der Waals surface area contributed by atoms with Crippen LogP contribution in [0.25, 0.3) is 0 Å². The van der Waals surface area contributed by atoms with E-state index in [0.29, 0.717) is 4.47 Å². The molecule has 4 nitrogen and oxygen atoms in total. The Bertz CT molecular complexity index is 477. The van der Waals surface area contributed by atoms with Gasteiger partial charge in [0.2, 0.25) is 5.91 Å². The normalized spacial score (nSPS) is 9.25. The van der Waals surface area contributed by atoms with Crippen LogP contribution in [-0.4, -0.2) is 17.0 Å². The average molecular weight is 282 g/mol. The predicted octanol–water partition coefficient (Wildman–Crippen LogP) is 2.11. The van der Waals surface area contributed by atoms with Crippen molar-refractivity contribution in [1.29, 1.82) is 0 Å². The van der Waals surface area contributed by atoms with Crippen molar-refractivity contribution < 1.29 is 14.7 Å². The van der Waals surface area contributed by atoms with Gasteiger partial charge in [0.25, 0.3) is 0 Å². The van der Waals surface area contributed by atoms with Crippen LogP contribution >= 0.6 is 15.9 Å². The molecular weight excluding hydrogens is 274 g/mol. The van der Waals surface area contributed by atoms with Gasteiger partial charge in [0.05, 0.1) is 17.7 Å². The molecule has 0 spiro atoms. The van der Waals surface area contributed by atoms with Crippen molar-refractivity contribution in [2.75, 3.05) is 5.32 Å². The monoisotopic (exact) mass is 281 g/mol. The highest BCUT2D eigenvalue weighted by atomic mass is 79.9. The van der Waals surface area contributed by atoms with Gasteiger partial charge in [0.1, 0.15) is 0 Å². The summed E-state index contributed by atoms with van der Waals surface area (Å²) < 4.78 is 0.625. The van der Waals surface area contributed by atoms with E-state index in [1.165, 1.54) is 12.1 Å². The van der Waals surface area contributed by atoms with Crippen molar-refractivity contribution in [1.82, 2.24) is 0 Å². The van der Waals surface area contributed by atoms with Crippen LogP contribution < -0.4 is 5.32 Å². The Morgan fingerprint density at radius 2 is 2.19 bits per heavy atom. The zero-order valence-corrected chi connectivity index (χ0v) is 9.74. The van der Waals surface area contributed by atoms with Crippen molar-refractivity contribution in [2.24, 2.45) is 0 Å². The predicted molar refractivity (Wildman–Crippen MR) is 63.2 cm³/mol.